The Bertz CT molecular complexity index is 97.7. The molecular weight excluding hydrogens is 209 g/mol. The van der Waals surface area contributed by atoms with Crippen LogP contribution in [0.1, 0.15) is 0 Å². The Hall–Kier alpha value is 1.78. The van der Waals surface area contributed by atoms with E-state index in [9.17, 15) is 0 Å². The summed E-state index contributed by atoms with van der Waals surface area (Å²) in [5.74, 6) is 0. The molecule has 0 aliphatic carbocycles. The molecule has 8 heteroatoms. The Morgan fingerprint density at radius 1 is 1.12 bits per heavy atom. The van der Waals surface area contributed by atoms with Crippen molar-refractivity contribution in [2.45, 2.75) is 0 Å². The maximum absolute atomic E-state index is 9.16. The van der Waals surface area contributed by atoms with Crippen molar-refractivity contribution in [2.75, 3.05) is 0 Å². The molecule has 0 aromatic heterocycles. The smallest absolute Gasteiger partial charge is 0.769 e. The summed E-state index contributed by atoms with van der Waals surface area (Å²) in [6.07, 6.45) is 0. The van der Waals surface area contributed by atoms with Gasteiger partial charge in [0.15, 0.2) is 0 Å². The van der Waals surface area contributed by atoms with E-state index < -0.39 is 8.26 Å². The number of hydrogen-bond acceptors (Lipinski definition) is 3. The minimum atomic E-state index is -3.72. The fraction of sp³-hybridized carbons (Fsp3) is 0. The molecule has 0 saturated carbocycles. The van der Waals surface area contributed by atoms with Crippen molar-refractivity contribution >= 4 is 41.5 Å². The van der Waals surface area contributed by atoms with E-state index in [-0.39, 0.29) is 29.6 Å². The zero-order valence-corrected chi connectivity index (χ0v) is 8.85. The molecule has 0 aliphatic rings. The SMILES string of the molecule is O=S(=O)(Cl)Cl.[Na+].[O-]Cl. The van der Waals surface area contributed by atoms with Gasteiger partial charge in [-0.15, -0.1) is 0 Å². The Kier molecular flexibility index (Phi) is 18.0. The normalized spacial score (nSPS) is 8.00. The van der Waals surface area contributed by atoms with E-state index in [1.807, 2.05) is 0 Å². The largest absolute Gasteiger partial charge is 1.00 e. The second kappa shape index (κ2) is 8.78. The molecule has 0 heterocycles. The van der Waals surface area contributed by atoms with Gasteiger partial charge in [-0.3, -0.25) is 0 Å². The third-order valence-electron chi connectivity index (χ3n) is 0. The maximum atomic E-state index is 9.16. The molecule has 0 bridgehead atoms. The van der Waals surface area contributed by atoms with Crippen LogP contribution in [0.15, 0.2) is 0 Å². The zero-order chi connectivity index (χ0) is 6.50. The van der Waals surface area contributed by atoms with Crippen molar-refractivity contribution in [3.8, 4) is 0 Å². The number of halogens is 3. The van der Waals surface area contributed by atoms with E-state index in [1.54, 1.807) is 0 Å². The molecular formula is Cl3NaO3S. The third kappa shape index (κ3) is 113. The van der Waals surface area contributed by atoms with Crippen LogP contribution in [0.4, 0.5) is 0 Å². The van der Waals surface area contributed by atoms with E-state index in [4.69, 9.17) is 13.1 Å². The van der Waals surface area contributed by atoms with Crippen molar-refractivity contribution in [3.63, 3.8) is 0 Å². The van der Waals surface area contributed by atoms with Crippen LogP contribution in [0, 0.1) is 0 Å². The van der Waals surface area contributed by atoms with Crippen molar-refractivity contribution in [2.24, 2.45) is 0 Å². The van der Waals surface area contributed by atoms with Gasteiger partial charge in [0.1, 0.15) is 0 Å². The van der Waals surface area contributed by atoms with Gasteiger partial charge < -0.3 is 4.66 Å². The Balaban J connectivity index is -0.0000000750. The molecule has 0 N–H and O–H groups in total. The molecule has 8 heavy (non-hydrogen) atoms. The Morgan fingerprint density at radius 3 is 1.12 bits per heavy atom. The molecule has 0 atom stereocenters. The van der Waals surface area contributed by atoms with Gasteiger partial charge in [0, 0.05) is 21.4 Å². The van der Waals surface area contributed by atoms with Gasteiger partial charge in [-0.2, -0.15) is 8.42 Å². The average molecular weight is 209 g/mol. The van der Waals surface area contributed by atoms with Crippen LogP contribution in [0.25, 0.3) is 0 Å². The van der Waals surface area contributed by atoms with Crippen molar-refractivity contribution in [1.82, 2.24) is 0 Å². The van der Waals surface area contributed by atoms with Crippen LogP contribution in [-0.4, -0.2) is 8.42 Å². The van der Waals surface area contributed by atoms with Crippen LogP contribution in [0.3, 0.4) is 0 Å². The minimum Gasteiger partial charge on any atom is -0.769 e. The quantitative estimate of drug-likeness (QED) is 0.320. The standard InChI is InChI=1S/Cl2O2S.ClO.Na/c1-5(2,3)4;1-2;/q;-1;+1. The molecule has 0 radical (unpaired) electrons. The zero-order valence-electron chi connectivity index (χ0n) is 3.77. The van der Waals surface area contributed by atoms with Gasteiger partial charge in [0.05, 0.1) is 0 Å². The van der Waals surface area contributed by atoms with Crippen molar-refractivity contribution < 1.29 is 42.6 Å². The molecule has 3 nitrogen and oxygen atoms in total. The van der Waals surface area contributed by atoms with Gasteiger partial charge in [0.2, 0.25) is 0 Å². The molecule has 0 aromatic carbocycles. The van der Waals surface area contributed by atoms with E-state index in [0.717, 1.165) is 0 Å². The summed E-state index contributed by atoms with van der Waals surface area (Å²) < 4.78 is 26.0. The van der Waals surface area contributed by atoms with E-state index >= 15 is 0 Å². The van der Waals surface area contributed by atoms with Gasteiger partial charge >= 0.3 is 37.8 Å². The summed E-state index contributed by atoms with van der Waals surface area (Å²) in [4.78, 5) is 0. The van der Waals surface area contributed by atoms with Crippen LogP contribution in [-0.2, 0) is 8.26 Å². The molecule has 0 rings (SSSR count). The average Bonchev–Trinajstić information content (AvgIpc) is 1.36. The fourth-order valence-electron chi connectivity index (χ4n) is 0. The summed E-state index contributed by atoms with van der Waals surface area (Å²) in [7, 11) is 4.81. The fourth-order valence-corrected chi connectivity index (χ4v) is 0. The molecule has 0 spiro atoms. The predicted molar refractivity (Wildman–Crippen MR) is 26.5 cm³/mol. The summed E-state index contributed by atoms with van der Waals surface area (Å²) in [6, 6.07) is 0. The third-order valence-corrected chi connectivity index (χ3v) is 0. The Labute approximate surface area is 83.3 Å². The second-order valence-corrected chi connectivity index (χ2v) is 4.05. The molecule has 0 saturated heterocycles. The van der Waals surface area contributed by atoms with Crippen molar-refractivity contribution in [1.29, 1.82) is 0 Å². The minimum absolute atomic E-state index is 0. The monoisotopic (exact) mass is 208 g/mol. The predicted octanol–water partition coefficient (Wildman–Crippen LogP) is -2.79. The first-order valence-corrected chi connectivity index (χ1v) is 4.24. The molecule has 0 aromatic rings. The summed E-state index contributed by atoms with van der Waals surface area (Å²) in [6.45, 7) is 0. The van der Waals surface area contributed by atoms with Gasteiger partial charge in [-0.1, -0.05) is 0 Å². The molecule has 0 fully saturated rings. The first-order chi connectivity index (χ1) is 3.00. The molecule has 46 valence electrons. The summed E-state index contributed by atoms with van der Waals surface area (Å²) in [5, 5.41) is 0. The van der Waals surface area contributed by atoms with Crippen LogP contribution < -0.4 is 34.2 Å². The number of rotatable bonds is 0. The molecule has 0 amide bonds. The number of hydrogen-bond donors (Lipinski definition) is 0. The first kappa shape index (κ1) is 16.4. The molecule has 0 aliphatic heterocycles. The van der Waals surface area contributed by atoms with Crippen molar-refractivity contribution in [3.05, 3.63) is 0 Å². The van der Waals surface area contributed by atoms with Crippen LogP contribution in [0.2, 0.25) is 0 Å². The van der Waals surface area contributed by atoms with E-state index in [1.165, 1.54) is 0 Å². The maximum Gasteiger partial charge on any atom is 1.00 e. The second-order valence-electron chi connectivity index (χ2n) is 0.378. The van der Waals surface area contributed by atoms with Crippen LogP contribution >= 0.6 is 33.2 Å². The summed E-state index contributed by atoms with van der Waals surface area (Å²) >= 11 is 3.39. The summed E-state index contributed by atoms with van der Waals surface area (Å²) in [5.41, 5.74) is 0. The topological polar surface area (TPSA) is 57.2 Å². The van der Waals surface area contributed by atoms with Gasteiger partial charge in [-0.25, -0.2) is 11.9 Å². The van der Waals surface area contributed by atoms with E-state index in [0.29, 0.717) is 0 Å². The van der Waals surface area contributed by atoms with Gasteiger partial charge in [0.25, 0.3) is 0 Å². The van der Waals surface area contributed by atoms with E-state index in [2.05, 4.69) is 33.2 Å². The Morgan fingerprint density at radius 2 is 1.12 bits per heavy atom. The van der Waals surface area contributed by atoms with Gasteiger partial charge in [-0.05, 0) is 0 Å². The van der Waals surface area contributed by atoms with Crippen LogP contribution in [0.5, 0.6) is 0 Å². The molecule has 0 unspecified atom stereocenters. The first-order valence-electron chi connectivity index (χ1n) is 0.796.